The van der Waals surface area contributed by atoms with E-state index in [0.29, 0.717) is 38.9 Å². The van der Waals surface area contributed by atoms with E-state index in [1.165, 1.54) is 31.3 Å². The zero-order valence-corrected chi connectivity index (χ0v) is 29.6. The average molecular weight is 739 g/mol. The Morgan fingerprint density at radius 2 is 1.52 bits per heavy atom. The van der Waals surface area contributed by atoms with Gasteiger partial charge < -0.3 is 14.6 Å². The van der Waals surface area contributed by atoms with Gasteiger partial charge in [-0.3, -0.25) is 29.5 Å². The van der Waals surface area contributed by atoms with Crippen LogP contribution in [0.3, 0.4) is 0 Å². The summed E-state index contributed by atoms with van der Waals surface area (Å²) in [4.78, 5) is 59.9. The molecule has 2 aliphatic carbocycles. The number of anilines is 2. The molecule has 0 bridgehead atoms. The van der Waals surface area contributed by atoms with E-state index in [-0.39, 0.29) is 41.1 Å². The average Bonchev–Trinajstić information content (AvgIpc) is 3.54. The second kappa shape index (κ2) is 12.7. The molecule has 6 atom stereocenters. The van der Waals surface area contributed by atoms with Crippen LogP contribution in [0.4, 0.5) is 11.4 Å². The number of hydrazine groups is 1. The number of nitrogens with one attached hydrogen (secondary N) is 1. The van der Waals surface area contributed by atoms with E-state index >= 15 is 4.79 Å². The van der Waals surface area contributed by atoms with E-state index in [1.54, 1.807) is 72.8 Å². The van der Waals surface area contributed by atoms with Crippen molar-refractivity contribution < 1.29 is 33.8 Å². The second-order valence-corrected chi connectivity index (χ2v) is 14.3. The second-order valence-electron chi connectivity index (χ2n) is 13.5. The first-order valence-corrected chi connectivity index (χ1v) is 17.6. The molecular weight excluding hydrogens is 705 g/mol. The van der Waals surface area contributed by atoms with Gasteiger partial charge in [0, 0.05) is 16.5 Å². The normalized spacial score (nSPS) is 26.5. The van der Waals surface area contributed by atoms with E-state index in [1.807, 2.05) is 12.1 Å². The topological polar surface area (TPSA) is 125 Å². The first kappa shape index (κ1) is 33.8. The molecule has 2 heterocycles. The molecule has 2 N–H and O–H groups in total. The molecule has 4 aromatic carbocycles. The number of phenols is 1. The molecule has 3 fully saturated rings. The summed E-state index contributed by atoms with van der Waals surface area (Å²) in [5.74, 6) is -5.02. The van der Waals surface area contributed by atoms with Crippen molar-refractivity contribution in [3.05, 3.63) is 124 Å². The van der Waals surface area contributed by atoms with Gasteiger partial charge in [0.05, 0.1) is 53.8 Å². The zero-order valence-electron chi connectivity index (χ0n) is 28.1. The van der Waals surface area contributed by atoms with Crippen molar-refractivity contribution in [3.63, 3.8) is 0 Å². The van der Waals surface area contributed by atoms with Gasteiger partial charge in [0.25, 0.3) is 11.8 Å². The maximum Gasteiger partial charge on any atom is 0.260 e. The first-order chi connectivity index (χ1) is 25.1. The highest BCUT2D eigenvalue weighted by Gasteiger charge is 2.70. The fourth-order valence-corrected chi connectivity index (χ4v) is 9.36. The molecule has 52 heavy (non-hydrogen) atoms. The summed E-state index contributed by atoms with van der Waals surface area (Å²) in [6.07, 6.45) is 2.25. The van der Waals surface area contributed by atoms with Crippen LogP contribution in [-0.4, -0.2) is 48.0 Å². The lowest BCUT2D eigenvalue weighted by atomic mass is 9.49. The largest absolute Gasteiger partial charge is 0.508 e. The lowest BCUT2D eigenvalue weighted by Crippen LogP contribution is -2.53. The van der Waals surface area contributed by atoms with E-state index in [9.17, 15) is 19.5 Å². The Morgan fingerprint density at radius 1 is 0.808 bits per heavy atom. The molecule has 12 heteroatoms. The highest BCUT2D eigenvalue weighted by Crippen LogP contribution is 2.65. The minimum atomic E-state index is -1.63. The van der Waals surface area contributed by atoms with Crippen LogP contribution < -0.4 is 19.8 Å². The maximum absolute atomic E-state index is 15.4. The number of carbonyl (C=O) groups excluding carboxylic acids is 4. The molecule has 2 aliphatic heterocycles. The lowest BCUT2D eigenvalue weighted by molar-refractivity contribution is -0.138. The van der Waals surface area contributed by atoms with E-state index in [4.69, 9.17) is 32.7 Å². The Balaban J connectivity index is 1.35. The standard InChI is InChI=1S/C40H33Cl2N3O7/c1-51-24-11-8-21(9-12-24)40-30(37(48)45(39(40)50)43-32-16-10-22(41)18-31(32)42)20-28-26(35(40)29-19-25(52-2)13-17-33(29)46)14-15-27-34(28)38(49)44(36(27)47)23-6-4-3-5-7-23/h3-14,16-19,27-28,30,34-35,43,46H,15,20H2,1-2H3. The number of fused-ring (bicyclic) bond motifs is 4. The molecule has 8 rings (SSSR count). The van der Waals surface area contributed by atoms with Crippen molar-refractivity contribution in [2.45, 2.75) is 24.2 Å². The highest BCUT2D eigenvalue weighted by molar-refractivity contribution is 6.36. The molecule has 10 nitrogen and oxygen atoms in total. The SMILES string of the molecule is COc1ccc(C23C(=O)N(Nc4ccc(Cl)cc4Cl)C(=O)C2CC2C(=CCC4C(=O)N(c5ccccc5)C(=O)C42)C3c2cc(OC)ccc2O)cc1. The summed E-state index contributed by atoms with van der Waals surface area (Å²) in [6, 6.07) is 25.2. The van der Waals surface area contributed by atoms with Gasteiger partial charge in [-0.2, -0.15) is 5.01 Å². The molecule has 0 aromatic heterocycles. The number of benzene rings is 4. The molecule has 6 unspecified atom stereocenters. The Bertz CT molecular complexity index is 2180. The summed E-state index contributed by atoms with van der Waals surface area (Å²) in [5, 5.41) is 13.2. The van der Waals surface area contributed by atoms with Crippen molar-refractivity contribution in [2.75, 3.05) is 24.5 Å². The zero-order chi connectivity index (χ0) is 36.5. The fraction of sp³-hybridized carbons (Fsp3) is 0.250. The third-order valence-electron chi connectivity index (χ3n) is 11.1. The number of allylic oxidation sites excluding steroid dienone is 2. The van der Waals surface area contributed by atoms with Crippen LogP contribution in [0.25, 0.3) is 0 Å². The molecule has 2 saturated heterocycles. The molecule has 0 radical (unpaired) electrons. The summed E-state index contributed by atoms with van der Waals surface area (Å²) < 4.78 is 11.1. The minimum absolute atomic E-state index is 0.0824. The number of nitrogens with zero attached hydrogens (tertiary/aromatic N) is 2. The van der Waals surface area contributed by atoms with Gasteiger partial charge in [0.15, 0.2) is 0 Å². The molecular formula is C40H33Cl2N3O7. The number of halogens is 2. The number of aromatic hydroxyl groups is 1. The van der Waals surface area contributed by atoms with Gasteiger partial charge in [-0.25, -0.2) is 0 Å². The number of hydrogen-bond donors (Lipinski definition) is 2. The number of phenolic OH excluding ortho intramolecular Hbond substituents is 1. The van der Waals surface area contributed by atoms with Crippen molar-refractivity contribution in [3.8, 4) is 17.2 Å². The van der Waals surface area contributed by atoms with Gasteiger partial charge in [0.2, 0.25) is 11.8 Å². The monoisotopic (exact) mass is 737 g/mol. The predicted molar refractivity (Wildman–Crippen MR) is 194 cm³/mol. The van der Waals surface area contributed by atoms with Gasteiger partial charge >= 0.3 is 0 Å². The number of rotatable bonds is 7. The van der Waals surface area contributed by atoms with Gasteiger partial charge in [-0.15, -0.1) is 0 Å². The van der Waals surface area contributed by atoms with Gasteiger partial charge in [0.1, 0.15) is 17.2 Å². The first-order valence-electron chi connectivity index (χ1n) is 16.8. The van der Waals surface area contributed by atoms with Crippen molar-refractivity contribution in [1.82, 2.24) is 5.01 Å². The molecule has 4 aliphatic rings. The summed E-state index contributed by atoms with van der Waals surface area (Å²) in [5.41, 5.74) is 3.65. The maximum atomic E-state index is 15.4. The molecule has 1 saturated carbocycles. The van der Waals surface area contributed by atoms with E-state index < -0.39 is 46.8 Å². The van der Waals surface area contributed by atoms with Crippen molar-refractivity contribution in [1.29, 1.82) is 0 Å². The number of hydrogen-bond acceptors (Lipinski definition) is 8. The quantitative estimate of drug-likeness (QED) is 0.155. The van der Waals surface area contributed by atoms with Crippen LogP contribution in [0, 0.1) is 23.7 Å². The summed E-state index contributed by atoms with van der Waals surface area (Å²) in [7, 11) is 3.03. The van der Waals surface area contributed by atoms with Crippen LogP contribution in [0.1, 0.15) is 29.9 Å². The summed E-state index contributed by atoms with van der Waals surface area (Å²) in [6.45, 7) is 0. The van der Waals surface area contributed by atoms with Crippen LogP contribution >= 0.6 is 23.2 Å². The Labute approximate surface area is 309 Å². The van der Waals surface area contributed by atoms with Crippen LogP contribution in [-0.2, 0) is 24.6 Å². The van der Waals surface area contributed by atoms with E-state index in [0.717, 1.165) is 5.01 Å². The number of ether oxygens (including phenoxy) is 2. The highest BCUT2D eigenvalue weighted by atomic mass is 35.5. The lowest BCUT2D eigenvalue weighted by Gasteiger charge is -2.50. The van der Waals surface area contributed by atoms with Gasteiger partial charge in [-0.05, 0) is 85.0 Å². The van der Waals surface area contributed by atoms with Crippen LogP contribution in [0.15, 0.2) is 103 Å². The van der Waals surface area contributed by atoms with Crippen molar-refractivity contribution in [2.24, 2.45) is 23.7 Å². The third kappa shape index (κ3) is 4.92. The predicted octanol–water partition coefficient (Wildman–Crippen LogP) is 6.91. The molecule has 4 amide bonds. The Hall–Kier alpha value is -5.32. The summed E-state index contributed by atoms with van der Waals surface area (Å²) >= 11 is 12.7. The number of methoxy groups -OCH3 is 2. The van der Waals surface area contributed by atoms with Crippen molar-refractivity contribution >= 4 is 58.2 Å². The van der Waals surface area contributed by atoms with Crippen LogP contribution in [0.2, 0.25) is 10.0 Å². The molecule has 264 valence electrons. The Kier molecular flexibility index (Phi) is 8.27. The Morgan fingerprint density at radius 3 is 2.21 bits per heavy atom. The van der Waals surface area contributed by atoms with E-state index in [2.05, 4.69) is 5.43 Å². The number of para-hydroxylation sites is 1. The number of imide groups is 2. The number of amides is 4. The van der Waals surface area contributed by atoms with Gasteiger partial charge in [-0.1, -0.05) is 65.2 Å². The minimum Gasteiger partial charge on any atom is -0.508 e. The third-order valence-corrected chi connectivity index (χ3v) is 11.7. The smallest absolute Gasteiger partial charge is 0.260 e. The molecule has 4 aromatic rings. The molecule has 0 spiro atoms. The fourth-order valence-electron chi connectivity index (χ4n) is 8.91. The van der Waals surface area contributed by atoms with Crippen LogP contribution in [0.5, 0.6) is 17.2 Å². The number of carbonyl (C=O) groups is 4.